The van der Waals surface area contributed by atoms with Crippen LogP contribution in [0.4, 0.5) is 23.0 Å². The van der Waals surface area contributed by atoms with Gasteiger partial charge >= 0.3 is 0 Å². The van der Waals surface area contributed by atoms with Gasteiger partial charge in [-0.3, -0.25) is 24.7 Å². The lowest BCUT2D eigenvalue weighted by Gasteiger charge is -2.38. The molecule has 0 aliphatic carbocycles. The van der Waals surface area contributed by atoms with E-state index < -0.39 is 0 Å². The van der Waals surface area contributed by atoms with Crippen molar-refractivity contribution >= 4 is 40.7 Å². The summed E-state index contributed by atoms with van der Waals surface area (Å²) in [7, 11) is 0. The molecule has 5 aromatic rings. The zero-order chi connectivity index (χ0) is 42.5. The maximum atomic E-state index is 12.7. The molecule has 6 heterocycles. The molecule has 0 bridgehead atoms. The minimum Gasteiger partial charge on any atom is -0.374 e. The van der Waals surface area contributed by atoms with Crippen molar-refractivity contribution in [3.05, 3.63) is 102 Å². The third kappa shape index (κ3) is 10.4. The van der Waals surface area contributed by atoms with Crippen molar-refractivity contribution in [2.45, 2.75) is 90.3 Å². The molecule has 0 saturated carbocycles. The van der Waals surface area contributed by atoms with Crippen molar-refractivity contribution in [3.8, 4) is 11.3 Å². The third-order valence-electron chi connectivity index (χ3n) is 12.1. The summed E-state index contributed by atoms with van der Waals surface area (Å²) in [6, 6.07) is 20.5. The second-order valence-electron chi connectivity index (χ2n) is 17.6. The molecule has 8 rings (SSSR count). The van der Waals surface area contributed by atoms with E-state index in [1.54, 1.807) is 23.3 Å². The Morgan fingerprint density at radius 3 is 2.31 bits per heavy atom. The molecule has 2 aromatic carbocycles. The fourth-order valence-corrected chi connectivity index (χ4v) is 8.41. The third-order valence-corrected chi connectivity index (χ3v) is 12.1. The van der Waals surface area contributed by atoms with E-state index in [4.69, 9.17) is 4.98 Å². The standard InChI is InChI=1S/C46H56N12O3/c1-30-25-34(26-48-40(30)27-49-43(60)41-29-58(55-54-41)46(2,3)4)38-15-20-47-45(52-38)51-36-9-11-37(12-10-36)57-23-16-31(17-24-57)28-56-21-18-33(19-22-56)32-5-7-35(8-6-32)50-39-13-14-42(59)53-44(39)61/h5-12,15,20,25-26,29,31,33,39,50H,13-14,16-19,21-24,27-28H2,1-4H3,(H,49,60)(H,47,51,52)(H,53,59,61). The first-order valence-electron chi connectivity index (χ1n) is 21.5. The Morgan fingerprint density at radius 2 is 1.62 bits per heavy atom. The fourth-order valence-electron chi connectivity index (χ4n) is 8.41. The number of pyridine rings is 1. The van der Waals surface area contributed by atoms with Crippen LogP contribution in [0.1, 0.15) is 92.5 Å². The number of carbonyl (C=O) groups excluding carboxylic acids is 3. The molecule has 3 aliphatic rings. The summed E-state index contributed by atoms with van der Waals surface area (Å²) >= 11 is 0. The highest BCUT2D eigenvalue weighted by Crippen LogP contribution is 2.32. The molecule has 61 heavy (non-hydrogen) atoms. The van der Waals surface area contributed by atoms with Crippen LogP contribution in [0, 0.1) is 12.8 Å². The van der Waals surface area contributed by atoms with Gasteiger partial charge in [0.25, 0.3) is 5.91 Å². The second-order valence-corrected chi connectivity index (χ2v) is 17.6. The summed E-state index contributed by atoms with van der Waals surface area (Å²) in [5, 5.41) is 20.1. The van der Waals surface area contributed by atoms with Crippen LogP contribution in [0.25, 0.3) is 11.3 Å². The molecule has 3 fully saturated rings. The number of piperidine rings is 3. The molecule has 4 N–H and O–H groups in total. The molecular formula is C46H56N12O3. The Morgan fingerprint density at radius 1 is 0.885 bits per heavy atom. The molecule has 318 valence electrons. The number of imide groups is 1. The lowest BCUT2D eigenvalue weighted by atomic mass is 9.88. The number of carbonyl (C=O) groups is 3. The number of rotatable bonds is 12. The molecule has 3 saturated heterocycles. The smallest absolute Gasteiger partial charge is 0.273 e. The van der Waals surface area contributed by atoms with Crippen LogP contribution in [-0.2, 0) is 21.7 Å². The fraction of sp³-hybridized carbons (Fsp3) is 0.435. The number of aromatic nitrogens is 6. The van der Waals surface area contributed by atoms with Crippen molar-refractivity contribution in [3.63, 3.8) is 0 Å². The first-order chi connectivity index (χ1) is 29.4. The molecule has 0 radical (unpaired) electrons. The molecule has 1 unspecified atom stereocenters. The molecule has 3 aromatic heterocycles. The number of aryl methyl sites for hydroxylation is 1. The number of nitrogens with one attached hydrogen (secondary N) is 4. The maximum Gasteiger partial charge on any atom is 0.273 e. The van der Waals surface area contributed by atoms with Crippen molar-refractivity contribution in [2.24, 2.45) is 5.92 Å². The van der Waals surface area contributed by atoms with E-state index in [1.807, 2.05) is 39.8 Å². The van der Waals surface area contributed by atoms with Crippen molar-refractivity contribution in [1.29, 1.82) is 0 Å². The van der Waals surface area contributed by atoms with Crippen LogP contribution in [0.15, 0.2) is 79.3 Å². The van der Waals surface area contributed by atoms with Crippen LogP contribution in [0.5, 0.6) is 0 Å². The number of hydrogen-bond donors (Lipinski definition) is 4. The lowest BCUT2D eigenvalue weighted by Crippen LogP contribution is -2.47. The van der Waals surface area contributed by atoms with Gasteiger partial charge < -0.3 is 25.8 Å². The first-order valence-corrected chi connectivity index (χ1v) is 21.5. The van der Waals surface area contributed by atoms with Crippen LogP contribution < -0.4 is 26.2 Å². The van der Waals surface area contributed by atoms with Crippen molar-refractivity contribution in [1.82, 2.24) is 45.5 Å². The number of hydrogen-bond acceptors (Lipinski definition) is 12. The summed E-state index contributed by atoms with van der Waals surface area (Å²) in [6.07, 6.45) is 10.8. The monoisotopic (exact) mass is 824 g/mol. The van der Waals surface area contributed by atoms with Crippen LogP contribution in [0.2, 0.25) is 0 Å². The van der Waals surface area contributed by atoms with Gasteiger partial charge in [0.2, 0.25) is 17.8 Å². The average molecular weight is 825 g/mol. The molecule has 1 atom stereocenters. The molecule has 15 nitrogen and oxygen atoms in total. The number of amides is 3. The molecule has 0 spiro atoms. The van der Waals surface area contributed by atoms with Gasteiger partial charge in [-0.2, -0.15) is 0 Å². The molecule has 15 heteroatoms. The van der Waals surface area contributed by atoms with Gasteiger partial charge in [-0.25, -0.2) is 14.6 Å². The Balaban J connectivity index is 0.764. The number of anilines is 4. The van der Waals surface area contributed by atoms with Gasteiger partial charge in [0.05, 0.1) is 29.7 Å². The van der Waals surface area contributed by atoms with E-state index in [9.17, 15) is 14.4 Å². The molecule has 3 aliphatic heterocycles. The minimum atomic E-state index is -0.361. The Hall–Kier alpha value is -6.22. The highest BCUT2D eigenvalue weighted by atomic mass is 16.2. The summed E-state index contributed by atoms with van der Waals surface area (Å²) in [4.78, 5) is 55.3. The zero-order valence-electron chi connectivity index (χ0n) is 35.5. The van der Waals surface area contributed by atoms with Gasteiger partial charge in [-0.1, -0.05) is 17.3 Å². The highest BCUT2D eigenvalue weighted by molar-refractivity contribution is 6.01. The summed E-state index contributed by atoms with van der Waals surface area (Å²) in [6.45, 7) is 13.8. The SMILES string of the molecule is Cc1cc(-c2ccnc(Nc3ccc(N4CCC(CN5CCC(c6ccc(NC7CCC(=O)NC7=O)cc6)CC5)CC4)cc3)n2)cnc1CNC(=O)c1cn(C(C)(C)C)nn1. The van der Waals surface area contributed by atoms with Gasteiger partial charge in [-0.05, 0) is 144 Å². The van der Waals surface area contributed by atoms with Gasteiger partial charge in [0.15, 0.2) is 5.69 Å². The van der Waals surface area contributed by atoms with E-state index in [0.717, 1.165) is 72.9 Å². The number of likely N-dealkylation sites (tertiary alicyclic amines) is 1. The normalized spacial score (nSPS) is 18.2. The van der Waals surface area contributed by atoms with Crippen LogP contribution in [-0.4, -0.2) is 91.3 Å². The van der Waals surface area contributed by atoms with E-state index in [1.165, 1.54) is 30.6 Å². The van der Waals surface area contributed by atoms with Gasteiger partial charge in [-0.15, -0.1) is 5.10 Å². The maximum absolute atomic E-state index is 12.7. The quantitative estimate of drug-likeness (QED) is 0.105. The van der Waals surface area contributed by atoms with Gasteiger partial charge in [0.1, 0.15) is 6.04 Å². The van der Waals surface area contributed by atoms with Crippen LogP contribution >= 0.6 is 0 Å². The van der Waals surface area contributed by atoms with Crippen molar-refractivity contribution in [2.75, 3.05) is 48.3 Å². The summed E-state index contributed by atoms with van der Waals surface area (Å²) in [5.41, 5.74) is 7.74. The molecular weight excluding hydrogens is 769 g/mol. The van der Waals surface area contributed by atoms with E-state index >= 15 is 0 Å². The van der Waals surface area contributed by atoms with E-state index in [2.05, 4.69) is 99.9 Å². The summed E-state index contributed by atoms with van der Waals surface area (Å²) in [5.74, 6) is 1.03. The highest BCUT2D eigenvalue weighted by Gasteiger charge is 2.28. The second kappa shape index (κ2) is 18.2. The van der Waals surface area contributed by atoms with Crippen LogP contribution in [0.3, 0.4) is 0 Å². The number of nitrogens with zero attached hydrogens (tertiary/aromatic N) is 8. The Bertz CT molecular complexity index is 2320. The average Bonchev–Trinajstić information content (AvgIpc) is 3.78. The lowest BCUT2D eigenvalue weighted by molar-refractivity contribution is -0.133. The zero-order valence-corrected chi connectivity index (χ0v) is 35.5. The molecule has 3 amide bonds. The predicted molar refractivity (Wildman–Crippen MR) is 236 cm³/mol. The predicted octanol–water partition coefficient (Wildman–Crippen LogP) is 6.18. The Labute approximate surface area is 357 Å². The topological polar surface area (TPSA) is 175 Å². The van der Waals surface area contributed by atoms with E-state index in [0.29, 0.717) is 30.6 Å². The largest absolute Gasteiger partial charge is 0.374 e. The summed E-state index contributed by atoms with van der Waals surface area (Å²) < 4.78 is 1.68. The van der Waals surface area contributed by atoms with Crippen molar-refractivity contribution < 1.29 is 14.4 Å². The van der Waals surface area contributed by atoms with Gasteiger partial charge in [0, 0.05) is 61.1 Å². The number of benzene rings is 2. The first kappa shape index (κ1) is 41.5. The minimum absolute atomic E-state index is 0.196. The Kier molecular flexibility index (Phi) is 12.4. The van der Waals surface area contributed by atoms with E-state index in [-0.39, 0.29) is 41.5 Å².